The van der Waals surface area contributed by atoms with Crippen molar-refractivity contribution in [3.05, 3.63) is 35.9 Å². The molecule has 1 aromatic heterocycles. The van der Waals surface area contributed by atoms with Crippen LogP contribution in [0.1, 0.15) is 24.8 Å². The SMILES string of the molecule is CNCCC1CCN(c2nc3ccccc3cc2C)CC1. The molecular formula is C18H25N3. The Morgan fingerprint density at radius 2 is 2.00 bits per heavy atom. The molecule has 1 aliphatic rings. The molecule has 3 nitrogen and oxygen atoms in total. The van der Waals surface area contributed by atoms with E-state index in [4.69, 9.17) is 4.98 Å². The van der Waals surface area contributed by atoms with Gasteiger partial charge >= 0.3 is 0 Å². The van der Waals surface area contributed by atoms with Gasteiger partial charge in [-0.3, -0.25) is 0 Å². The van der Waals surface area contributed by atoms with Crippen LogP contribution in [0.5, 0.6) is 0 Å². The molecule has 0 aliphatic carbocycles. The first-order valence-electron chi connectivity index (χ1n) is 8.04. The topological polar surface area (TPSA) is 28.2 Å². The number of fused-ring (bicyclic) bond motifs is 1. The maximum atomic E-state index is 4.90. The molecule has 0 spiro atoms. The quantitative estimate of drug-likeness (QED) is 0.932. The van der Waals surface area contributed by atoms with Gasteiger partial charge in [0.15, 0.2) is 0 Å². The second-order valence-corrected chi connectivity index (χ2v) is 6.14. The molecule has 0 saturated carbocycles. The van der Waals surface area contributed by atoms with Gasteiger partial charge in [-0.25, -0.2) is 4.98 Å². The Kier molecular flexibility index (Phi) is 4.39. The van der Waals surface area contributed by atoms with Crippen molar-refractivity contribution in [2.45, 2.75) is 26.2 Å². The highest BCUT2D eigenvalue weighted by atomic mass is 15.2. The fraction of sp³-hybridized carbons (Fsp3) is 0.500. The third-order valence-electron chi connectivity index (χ3n) is 4.60. The van der Waals surface area contributed by atoms with E-state index in [1.165, 1.54) is 36.0 Å². The van der Waals surface area contributed by atoms with Crippen LogP contribution in [0, 0.1) is 12.8 Å². The summed E-state index contributed by atoms with van der Waals surface area (Å²) in [6.45, 7) is 5.60. The van der Waals surface area contributed by atoms with Crippen LogP contribution >= 0.6 is 0 Å². The Labute approximate surface area is 127 Å². The van der Waals surface area contributed by atoms with Crippen LogP contribution in [0.2, 0.25) is 0 Å². The molecule has 2 aromatic rings. The Morgan fingerprint density at radius 3 is 2.76 bits per heavy atom. The van der Waals surface area contributed by atoms with Crippen molar-refractivity contribution < 1.29 is 0 Å². The van der Waals surface area contributed by atoms with Crippen LogP contribution in [0.3, 0.4) is 0 Å². The summed E-state index contributed by atoms with van der Waals surface area (Å²) in [6.07, 6.45) is 3.87. The smallest absolute Gasteiger partial charge is 0.132 e. The zero-order chi connectivity index (χ0) is 14.7. The zero-order valence-corrected chi connectivity index (χ0v) is 13.1. The predicted octanol–water partition coefficient (Wildman–Crippen LogP) is 3.37. The minimum Gasteiger partial charge on any atom is -0.356 e. The van der Waals surface area contributed by atoms with E-state index in [9.17, 15) is 0 Å². The Morgan fingerprint density at radius 1 is 1.24 bits per heavy atom. The van der Waals surface area contributed by atoms with Gasteiger partial charge in [-0.2, -0.15) is 0 Å². The first-order chi connectivity index (χ1) is 10.3. The molecule has 0 unspecified atom stereocenters. The van der Waals surface area contributed by atoms with Crippen LogP contribution in [-0.2, 0) is 0 Å². The lowest BCUT2D eigenvalue weighted by atomic mass is 9.93. The number of pyridine rings is 1. The molecule has 3 rings (SSSR count). The average molecular weight is 283 g/mol. The van der Waals surface area contributed by atoms with Crippen molar-refractivity contribution in [3.8, 4) is 0 Å². The molecule has 112 valence electrons. The first-order valence-corrected chi connectivity index (χ1v) is 8.04. The minimum absolute atomic E-state index is 0.870. The normalized spacial score (nSPS) is 16.6. The molecule has 1 fully saturated rings. The number of hydrogen-bond acceptors (Lipinski definition) is 3. The van der Waals surface area contributed by atoms with Crippen molar-refractivity contribution in [2.24, 2.45) is 5.92 Å². The molecule has 21 heavy (non-hydrogen) atoms. The molecule has 0 atom stereocenters. The summed E-state index contributed by atoms with van der Waals surface area (Å²) in [5, 5.41) is 4.50. The molecule has 2 heterocycles. The van der Waals surface area contributed by atoms with E-state index in [1.807, 2.05) is 7.05 Å². The zero-order valence-electron chi connectivity index (χ0n) is 13.1. The number of nitrogens with zero attached hydrogens (tertiary/aromatic N) is 2. The van der Waals surface area contributed by atoms with Gasteiger partial charge in [0.1, 0.15) is 5.82 Å². The Bertz CT molecular complexity index is 600. The van der Waals surface area contributed by atoms with Gasteiger partial charge in [0, 0.05) is 18.5 Å². The van der Waals surface area contributed by atoms with Crippen LogP contribution in [0.4, 0.5) is 5.82 Å². The standard InChI is InChI=1S/C18H25N3/c1-14-13-16-5-3-4-6-17(16)20-18(14)21-11-8-15(9-12-21)7-10-19-2/h3-6,13,15,19H,7-12H2,1-2H3. The highest BCUT2D eigenvalue weighted by Crippen LogP contribution is 2.28. The van der Waals surface area contributed by atoms with E-state index < -0.39 is 0 Å². The predicted molar refractivity (Wildman–Crippen MR) is 90.0 cm³/mol. The number of para-hydroxylation sites is 1. The lowest BCUT2D eigenvalue weighted by molar-refractivity contribution is 0.377. The number of aromatic nitrogens is 1. The number of anilines is 1. The molecule has 3 heteroatoms. The van der Waals surface area contributed by atoms with Gasteiger partial charge in [0.25, 0.3) is 0 Å². The molecule has 0 bridgehead atoms. The van der Waals surface area contributed by atoms with E-state index in [0.717, 1.165) is 31.1 Å². The number of benzene rings is 1. The number of rotatable bonds is 4. The highest BCUT2D eigenvalue weighted by molar-refractivity contribution is 5.81. The summed E-state index contributed by atoms with van der Waals surface area (Å²) in [4.78, 5) is 7.37. The highest BCUT2D eigenvalue weighted by Gasteiger charge is 2.21. The number of nitrogens with one attached hydrogen (secondary N) is 1. The van der Waals surface area contributed by atoms with Crippen molar-refractivity contribution in [1.82, 2.24) is 10.3 Å². The van der Waals surface area contributed by atoms with E-state index in [0.29, 0.717) is 0 Å². The minimum atomic E-state index is 0.870. The summed E-state index contributed by atoms with van der Waals surface area (Å²) in [5.41, 5.74) is 2.40. The molecule has 1 aromatic carbocycles. The van der Waals surface area contributed by atoms with Crippen molar-refractivity contribution in [1.29, 1.82) is 0 Å². The molecule has 1 aliphatic heterocycles. The monoisotopic (exact) mass is 283 g/mol. The number of hydrogen-bond donors (Lipinski definition) is 1. The van der Waals surface area contributed by atoms with Crippen molar-refractivity contribution in [3.63, 3.8) is 0 Å². The van der Waals surface area contributed by atoms with Crippen LogP contribution in [0.15, 0.2) is 30.3 Å². The first kappa shape index (κ1) is 14.3. The maximum absolute atomic E-state index is 4.90. The Hall–Kier alpha value is -1.61. The third-order valence-corrected chi connectivity index (χ3v) is 4.60. The van der Waals surface area contributed by atoms with Gasteiger partial charge in [-0.15, -0.1) is 0 Å². The van der Waals surface area contributed by atoms with Gasteiger partial charge in [0.2, 0.25) is 0 Å². The van der Waals surface area contributed by atoms with Gasteiger partial charge in [-0.1, -0.05) is 18.2 Å². The molecule has 0 radical (unpaired) electrons. The van der Waals surface area contributed by atoms with Crippen LogP contribution in [-0.4, -0.2) is 31.7 Å². The van der Waals surface area contributed by atoms with Crippen LogP contribution < -0.4 is 10.2 Å². The fourth-order valence-electron chi connectivity index (χ4n) is 3.31. The second kappa shape index (κ2) is 6.44. The van der Waals surface area contributed by atoms with Crippen molar-refractivity contribution in [2.75, 3.05) is 31.6 Å². The fourth-order valence-corrected chi connectivity index (χ4v) is 3.31. The maximum Gasteiger partial charge on any atom is 0.132 e. The molecular weight excluding hydrogens is 258 g/mol. The third kappa shape index (κ3) is 3.18. The number of piperidine rings is 1. The molecule has 1 N–H and O–H groups in total. The molecule has 0 amide bonds. The van der Waals surface area contributed by atoms with Gasteiger partial charge in [-0.05, 0) is 63.4 Å². The largest absolute Gasteiger partial charge is 0.356 e. The van der Waals surface area contributed by atoms with E-state index >= 15 is 0 Å². The number of aryl methyl sites for hydroxylation is 1. The lowest BCUT2D eigenvalue weighted by Gasteiger charge is -2.33. The summed E-state index contributed by atoms with van der Waals surface area (Å²) < 4.78 is 0. The summed E-state index contributed by atoms with van der Waals surface area (Å²) in [5.74, 6) is 2.05. The lowest BCUT2D eigenvalue weighted by Crippen LogP contribution is -2.35. The van der Waals surface area contributed by atoms with E-state index in [-0.39, 0.29) is 0 Å². The molecule has 1 saturated heterocycles. The van der Waals surface area contributed by atoms with Gasteiger partial charge in [0.05, 0.1) is 5.52 Å². The average Bonchev–Trinajstić information content (AvgIpc) is 2.53. The summed E-state index contributed by atoms with van der Waals surface area (Å²) >= 11 is 0. The van der Waals surface area contributed by atoms with E-state index in [1.54, 1.807) is 0 Å². The summed E-state index contributed by atoms with van der Waals surface area (Å²) in [7, 11) is 2.04. The second-order valence-electron chi connectivity index (χ2n) is 6.14. The van der Waals surface area contributed by atoms with Crippen LogP contribution in [0.25, 0.3) is 10.9 Å². The summed E-state index contributed by atoms with van der Waals surface area (Å²) in [6, 6.07) is 10.7. The van der Waals surface area contributed by atoms with Gasteiger partial charge < -0.3 is 10.2 Å². The Balaban J connectivity index is 1.74. The van der Waals surface area contributed by atoms with E-state index in [2.05, 4.69) is 47.5 Å². The van der Waals surface area contributed by atoms with Crippen molar-refractivity contribution >= 4 is 16.7 Å².